The van der Waals surface area contributed by atoms with Crippen molar-refractivity contribution in [1.82, 2.24) is 21.3 Å². The molecule has 0 radical (unpaired) electrons. The van der Waals surface area contributed by atoms with Crippen molar-refractivity contribution < 1.29 is 149 Å². The molecule has 0 aromatic rings. The molecule has 0 saturated heterocycles. The number of ether oxygens (including phenoxy) is 4. The first-order chi connectivity index (χ1) is 47.3. The summed E-state index contributed by atoms with van der Waals surface area (Å²) in [5, 5.41) is 10.1. The van der Waals surface area contributed by atoms with E-state index in [-0.39, 0.29) is 141 Å². The summed E-state index contributed by atoms with van der Waals surface area (Å²) in [6.07, 6.45) is 41.3. The largest absolute Gasteiger partial charge is 1.00 e. The van der Waals surface area contributed by atoms with Gasteiger partial charge in [-0.05, 0) is 44.9 Å². The van der Waals surface area contributed by atoms with Crippen LogP contribution in [0.1, 0.15) is 337 Å². The van der Waals surface area contributed by atoms with Crippen LogP contribution >= 0.6 is 15.6 Å². The SMILES string of the molecule is CCCCCCCCCCCC(=O)CC(=O)N[C@H](COCC[C@@H](CCCCCCC)OC(C)=O)COP(=O)([O-])OCCNC(=O)NCCOP(=O)([O-])OC[C@@H](COCC[C@@H](CCCCCCC)OC(=O)CCCCCCCCCCC)NC(=O)CC(=O)CCCCCCCCCCC.[Na+].[Na+]. The van der Waals surface area contributed by atoms with Gasteiger partial charge in [-0.1, -0.05) is 240 Å². The van der Waals surface area contributed by atoms with Crippen LogP contribution in [0.25, 0.3) is 0 Å². The van der Waals surface area contributed by atoms with Gasteiger partial charge in [0.2, 0.25) is 11.8 Å². The molecule has 0 aliphatic carbocycles. The number of carbonyl (C=O) groups is 7. The van der Waals surface area contributed by atoms with E-state index in [9.17, 15) is 52.5 Å². The van der Waals surface area contributed by atoms with Crippen molar-refractivity contribution in [2.75, 3.05) is 65.9 Å². The number of urea groups is 1. The van der Waals surface area contributed by atoms with Crippen LogP contribution in [0.2, 0.25) is 0 Å². The molecule has 0 aliphatic rings. The summed E-state index contributed by atoms with van der Waals surface area (Å²) in [6, 6.07) is -2.86. The van der Waals surface area contributed by atoms with E-state index in [2.05, 4.69) is 55.9 Å². The second-order valence-corrected chi connectivity index (χ2v) is 29.3. The number of ketones is 2. The number of phosphoric ester groups is 2. The van der Waals surface area contributed by atoms with Crippen molar-refractivity contribution in [2.24, 2.45) is 0 Å². The van der Waals surface area contributed by atoms with Crippen LogP contribution in [-0.4, -0.2) is 132 Å². The van der Waals surface area contributed by atoms with E-state index in [0.29, 0.717) is 44.9 Å². The molecule has 0 bridgehead atoms. The maximum absolute atomic E-state index is 13.2. The Morgan fingerprint density at radius 3 is 0.990 bits per heavy atom. The number of amides is 4. The van der Waals surface area contributed by atoms with Crippen molar-refractivity contribution in [3.8, 4) is 0 Å². The van der Waals surface area contributed by atoms with E-state index in [1.807, 2.05) is 0 Å². The van der Waals surface area contributed by atoms with Gasteiger partial charge < -0.3 is 68.1 Å². The molecule has 4 N–H and O–H groups in total. The monoisotopic (exact) mass is 1480 g/mol. The molecule has 0 fully saturated rings. The van der Waals surface area contributed by atoms with E-state index in [0.717, 1.165) is 141 Å². The smallest absolute Gasteiger partial charge is 0.756 e. The molecular formula is C73H138N4Na2O19P2. The number of unbranched alkanes of at least 4 members (excludes halogenated alkanes) is 32. The molecule has 4 amide bonds. The van der Waals surface area contributed by atoms with Crippen molar-refractivity contribution in [2.45, 2.75) is 361 Å². The number of Topliss-reactive ketones (excluding diaryl/α,β-unsaturated/α-hetero) is 2. The first-order valence-electron chi connectivity index (χ1n) is 38.6. The molecule has 2 unspecified atom stereocenters. The molecule has 0 aliphatic heterocycles. The summed E-state index contributed by atoms with van der Waals surface area (Å²) in [7, 11) is -10.1. The Balaban J connectivity index is -0.0000470. The normalized spacial score (nSPS) is 13.7. The van der Waals surface area contributed by atoms with Gasteiger partial charge in [0, 0.05) is 52.1 Å². The van der Waals surface area contributed by atoms with Gasteiger partial charge in [0.1, 0.15) is 23.8 Å². The average molecular weight is 1480 g/mol. The first-order valence-corrected chi connectivity index (χ1v) is 41.6. The summed E-state index contributed by atoms with van der Waals surface area (Å²) < 4.78 is 69.4. The Morgan fingerprint density at radius 1 is 0.360 bits per heavy atom. The minimum atomic E-state index is -5.05. The van der Waals surface area contributed by atoms with Crippen molar-refractivity contribution >= 4 is 57.0 Å². The molecule has 6 atom stereocenters. The van der Waals surface area contributed by atoms with Gasteiger partial charge in [0.25, 0.3) is 15.6 Å². The Labute approximate surface area is 649 Å². The fourth-order valence-electron chi connectivity index (χ4n) is 11.2. The number of rotatable bonds is 74. The average Bonchev–Trinajstić information content (AvgIpc) is 0.957. The summed E-state index contributed by atoms with van der Waals surface area (Å²) in [6.45, 7) is 9.07. The number of hydrogen-bond donors (Lipinski definition) is 4. The van der Waals surface area contributed by atoms with Crippen LogP contribution in [-0.2, 0) is 74.9 Å². The molecule has 0 saturated carbocycles. The summed E-state index contributed by atoms with van der Waals surface area (Å²) >= 11 is 0. The maximum atomic E-state index is 13.2. The summed E-state index contributed by atoms with van der Waals surface area (Å²) in [5.41, 5.74) is 0. The number of nitrogens with one attached hydrogen (secondary N) is 4. The Morgan fingerprint density at radius 2 is 0.660 bits per heavy atom. The van der Waals surface area contributed by atoms with Crippen molar-refractivity contribution in [3.05, 3.63) is 0 Å². The second kappa shape index (κ2) is 73.2. The zero-order valence-electron chi connectivity index (χ0n) is 64.1. The van der Waals surface area contributed by atoms with E-state index in [1.54, 1.807) is 0 Å². The third-order valence-electron chi connectivity index (χ3n) is 16.9. The topological polar surface area (TPSA) is 322 Å². The van der Waals surface area contributed by atoms with Gasteiger partial charge in [-0.3, -0.25) is 37.9 Å². The summed E-state index contributed by atoms with van der Waals surface area (Å²) in [4.78, 5) is 115. The number of carbonyl (C=O) groups excluding carboxylic acids is 7. The minimum Gasteiger partial charge on any atom is -0.756 e. The second-order valence-electron chi connectivity index (χ2n) is 26.5. The van der Waals surface area contributed by atoms with E-state index in [1.165, 1.54) is 90.4 Å². The molecule has 576 valence electrons. The molecule has 0 rings (SSSR count). The maximum Gasteiger partial charge on any atom is 1.00 e. The summed E-state index contributed by atoms with van der Waals surface area (Å²) in [5.74, 6) is -2.38. The van der Waals surface area contributed by atoms with Gasteiger partial charge in [-0.25, -0.2) is 4.79 Å². The third-order valence-corrected chi connectivity index (χ3v) is 18.8. The molecule has 0 spiro atoms. The standard InChI is InChI=1S/C73H140N4O19P2.2Na/c1-7-12-17-22-25-28-31-36-39-44-66(79)57-70(81)76-64(59-89-53-49-68(95-63(6)78)46-41-34-20-15-10-4)61-93-97(85,86)91-55-51-74-73(84)75-52-56-92-98(87,88)94-62-65(77-71(82)58-67(80)45-40-37-32-29-26-23-18-13-8-2)60-90-54-50-69(47-42-35-21-16-11-5)96-72(83)48-43-38-33-30-27-24-19-14-9-3;;/h64-65,68-69H,7-62H2,1-6H3,(H,76,81)(H,77,82)(H,85,86)(H,87,88)(H2,74,75,84);;/q;2*+1/p-2/t64-,65-,68-,69-;;/m1../s1. The Bertz CT molecular complexity index is 2110. The van der Waals surface area contributed by atoms with Crippen LogP contribution in [0.3, 0.4) is 0 Å². The van der Waals surface area contributed by atoms with Crippen LogP contribution < -0.4 is 90.2 Å². The molecule has 0 aromatic heterocycles. The van der Waals surface area contributed by atoms with Crippen LogP contribution in [0, 0.1) is 0 Å². The van der Waals surface area contributed by atoms with E-state index in [4.69, 9.17) is 37.0 Å². The zero-order valence-corrected chi connectivity index (χ0v) is 69.8. The molecule has 27 heteroatoms. The van der Waals surface area contributed by atoms with Gasteiger partial charge in [-0.15, -0.1) is 0 Å². The van der Waals surface area contributed by atoms with Gasteiger partial charge in [0.15, 0.2) is 0 Å². The number of phosphoric acid groups is 2. The van der Waals surface area contributed by atoms with Crippen LogP contribution in [0.4, 0.5) is 4.79 Å². The number of hydrogen-bond acceptors (Lipinski definition) is 19. The molecule has 0 aromatic carbocycles. The third kappa shape index (κ3) is 70.9. The predicted molar refractivity (Wildman–Crippen MR) is 382 cm³/mol. The quantitative estimate of drug-likeness (QED) is 0.0145. The van der Waals surface area contributed by atoms with Crippen molar-refractivity contribution in [3.63, 3.8) is 0 Å². The van der Waals surface area contributed by atoms with E-state index < -0.39 is 90.8 Å². The predicted octanol–water partition coefficient (Wildman–Crippen LogP) is 9.33. The molecule has 23 nitrogen and oxygen atoms in total. The van der Waals surface area contributed by atoms with Gasteiger partial charge in [0.05, 0.1) is 77.8 Å². The first kappa shape index (κ1) is 103. The van der Waals surface area contributed by atoms with E-state index >= 15 is 0 Å². The van der Waals surface area contributed by atoms with Crippen molar-refractivity contribution in [1.29, 1.82) is 0 Å². The Kier molecular flexibility index (Phi) is 75.2. The molecule has 100 heavy (non-hydrogen) atoms. The Hall–Kier alpha value is -1.37. The van der Waals surface area contributed by atoms with Crippen LogP contribution in [0.5, 0.6) is 0 Å². The fraction of sp³-hybridized carbons (Fsp3) is 0.904. The molecule has 0 heterocycles. The van der Waals surface area contributed by atoms with Crippen LogP contribution in [0.15, 0.2) is 0 Å². The zero-order chi connectivity index (χ0) is 72.4. The minimum absolute atomic E-state index is 0. The van der Waals surface area contributed by atoms with Gasteiger partial charge in [-0.2, -0.15) is 0 Å². The number of esters is 2. The van der Waals surface area contributed by atoms with Gasteiger partial charge >= 0.3 is 77.1 Å². The fourth-order valence-corrected chi connectivity index (χ4v) is 12.7. The molecular weight excluding hydrogens is 1340 g/mol.